The van der Waals surface area contributed by atoms with Crippen LogP contribution in [-0.4, -0.2) is 18.5 Å². The molecule has 0 radical (unpaired) electrons. The lowest BCUT2D eigenvalue weighted by atomic mass is 10.3. The van der Waals surface area contributed by atoms with E-state index in [2.05, 4.69) is 25.6 Å². The molecule has 0 aliphatic heterocycles. The SMILES string of the molecule is O=S(=O)(Nc1cc(Br)ccc1Cl)c1c[nH]c(CO)c1. The highest BCUT2D eigenvalue weighted by Gasteiger charge is 2.17. The van der Waals surface area contributed by atoms with Crippen molar-refractivity contribution in [1.29, 1.82) is 0 Å². The van der Waals surface area contributed by atoms with Crippen molar-refractivity contribution in [2.24, 2.45) is 0 Å². The Morgan fingerprint density at radius 2 is 2.11 bits per heavy atom. The molecule has 102 valence electrons. The Hall–Kier alpha value is -1.02. The van der Waals surface area contributed by atoms with E-state index in [1.54, 1.807) is 18.2 Å². The second-order valence-corrected chi connectivity index (χ2v) is 6.75. The molecule has 0 atom stereocenters. The summed E-state index contributed by atoms with van der Waals surface area (Å²) in [6.07, 6.45) is 1.31. The summed E-state index contributed by atoms with van der Waals surface area (Å²) in [6.45, 7) is -0.257. The van der Waals surface area contributed by atoms with Crippen LogP contribution in [0.15, 0.2) is 39.8 Å². The third-order valence-corrected chi connectivity index (χ3v) is 4.54. The number of sulfonamides is 1. The van der Waals surface area contributed by atoms with Gasteiger partial charge in [-0.15, -0.1) is 0 Å². The van der Waals surface area contributed by atoms with Crippen LogP contribution in [0.2, 0.25) is 5.02 Å². The van der Waals surface area contributed by atoms with Crippen molar-refractivity contribution in [3.05, 3.63) is 45.7 Å². The summed E-state index contributed by atoms with van der Waals surface area (Å²) in [5, 5.41) is 9.21. The van der Waals surface area contributed by atoms with Gasteiger partial charge in [-0.2, -0.15) is 0 Å². The minimum Gasteiger partial charge on any atom is -0.390 e. The molecule has 0 fully saturated rings. The number of hydrogen-bond donors (Lipinski definition) is 3. The molecule has 0 unspecified atom stereocenters. The summed E-state index contributed by atoms with van der Waals surface area (Å²) in [4.78, 5) is 2.70. The highest BCUT2D eigenvalue weighted by Crippen LogP contribution is 2.28. The largest absolute Gasteiger partial charge is 0.390 e. The number of aromatic amines is 1. The fraction of sp³-hybridized carbons (Fsp3) is 0.0909. The minimum atomic E-state index is -3.74. The molecule has 1 aromatic heterocycles. The van der Waals surface area contributed by atoms with Crippen LogP contribution in [0.1, 0.15) is 5.69 Å². The minimum absolute atomic E-state index is 0.0348. The number of benzene rings is 1. The van der Waals surface area contributed by atoms with E-state index < -0.39 is 10.0 Å². The van der Waals surface area contributed by atoms with E-state index in [1.807, 2.05) is 0 Å². The number of hydrogen-bond acceptors (Lipinski definition) is 3. The topological polar surface area (TPSA) is 82.2 Å². The lowest BCUT2D eigenvalue weighted by Gasteiger charge is -2.08. The standard InChI is InChI=1S/C11H10BrClN2O3S/c12-7-1-2-10(13)11(3-7)15-19(17,18)9-4-8(6-16)14-5-9/h1-5,14-16H,6H2. The van der Waals surface area contributed by atoms with E-state index in [9.17, 15) is 8.42 Å². The summed E-state index contributed by atoms with van der Waals surface area (Å²) in [6, 6.07) is 6.22. The molecule has 3 N–H and O–H groups in total. The summed E-state index contributed by atoms with van der Waals surface area (Å²) in [7, 11) is -3.74. The highest BCUT2D eigenvalue weighted by atomic mass is 79.9. The van der Waals surface area contributed by atoms with Gasteiger partial charge in [0.15, 0.2) is 0 Å². The van der Waals surface area contributed by atoms with Gasteiger partial charge in [-0.1, -0.05) is 27.5 Å². The van der Waals surface area contributed by atoms with E-state index in [0.29, 0.717) is 15.2 Å². The monoisotopic (exact) mass is 364 g/mol. The number of nitrogens with one attached hydrogen (secondary N) is 2. The van der Waals surface area contributed by atoms with Gasteiger partial charge in [0.05, 0.1) is 17.3 Å². The van der Waals surface area contributed by atoms with Gasteiger partial charge in [0.2, 0.25) is 0 Å². The van der Waals surface area contributed by atoms with Crippen molar-refractivity contribution in [2.75, 3.05) is 4.72 Å². The third kappa shape index (κ3) is 3.30. The maximum absolute atomic E-state index is 12.1. The Kier molecular flexibility index (Phi) is 4.19. The average molecular weight is 366 g/mol. The third-order valence-electron chi connectivity index (χ3n) is 2.37. The van der Waals surface area contributed by atoms with Crippen molar-refractivity contribution in [2.45, 2.75) is 11.5 Å². The number of aromatic nitrogens is 1. The van der Waals surface area contributed by atoms with Gasteiger partial charge < -0.3 is 10.1 Å². The zero-order chi connectivity index (χ0) is 14.0. The molecule has 2 rings (SSSR count). The van der Waals surface area contributed by atoms with Crippen LogP contribution in [0.25, 0.3) is 0 Å². The van der Waals surface area contributed by atoms with Crippen molar-refractivity contribution in [3.63, 3.8) is 0 Å². The first-order chi connectivity index (χ1) is 8.92. The summed E-state index contributed by atoms with van der Waals surface area (Å²) in [5.74, 6) is 0. The van der Waals surface area contributed by atoms with E-state index in [0.717, 1.165) is 0 Å². The zero-order valence-electron chi connectivity index (χ0n) is 9.52. The second-order valence-electron chi connectivity index (χ2n) is 3.75. The number of anilines is 1. The Morgan fingerprint density at radius 3 is 2.74 bits per heavy atom. The summed E-state index contributed by atoms with van der Waals surface area (Å²) >= 11 is 9.17. The van der Waals surface area contributed by atoms with Crippen molar-refractivity contribution in [3.8, 4) is 0 Å². The molecular weight excluding hydrogens is 356 g/mol. The van der Waals surface area contributed by atoms with Gasteiger partial charge in [0, 0.05) is 16.4 Å². The van der Waals surface area contributed by atoms with E-state index >= 15 is 0 Å². The van der Waals surface area contributed by atoms with Crippen molar-refractivity contribution < 1.29 is 13.5 Å². The van der Waals surface area contributed by atoms with E-state index in [1.165, 1.54) is 12.3 Å². The Labute approximate surface area is 123 Å². The lowest BCUT2D eigenvalue weighted by Crippen LogP contribution is -2.12. The first kappa shape index (κ1) is 14.4. The Bertz CT molecular complexity index is 700. The molecule has 0 bridgehead atoms. The Balaban J connectivity index is 2.33. The molecule has 1 heterocycles. The average Bonchev–Trinajstić information content (AvgIpc) is 2.83. The van der Waals surface area contributed by atoms with Gasteiger partial charge in [-0.3, -0.25) is 4.72 Å². The zero-order valence-corrected chi connectivity index (χ0v) is 12.7. The predicted octanol–water partition coefficient (Wildman–Crippen LogP) is 2.72. The number of halogens is 2. The van der Waals surface area contributed by atoms with Gasteiger partial charge in [-0.05, 0) is 24.3 Å². The van der Waals surface area contributed by atoms with E-state index in [-0.39, 0.29) is 17.2 Å². The summed E-state index contributed by atoms with van der Waals surface area (Å²) < 4.78 is 27.3. The second kappa shape index (κ2) is 5.54. The number of aliphatic hydroxyl groups is 1. The van der Waals surface area contributed by atoms with Crippen LogP contribution in [0.4, 0.5) is 5.69 Å². The van der Waals surface area contributed by atoms with Crippen LogP contribution in [0, 0.1) is 0 Å². The predicted molar refractivity (Wildman–Crippen MR) is 76.7 cm³/mol. The fourth-order valence-corrected chi connectivity index (χ4v) is 3.11. The quantitative estimate of drug-likeness (QED) is 0.779. The van der Waals surface area contributed by atoms with Crippen molar-refractivity contribution in [1.82, 2.24) is 4.98 Å². The lowest BCUT2D eigenvalue weighted by molar-refractivity contribution is 0.277. The number of aliphatic hydroxyl groups excluding tert-OH is 1. The molecule has 2 aromatic rings. The first-order valence-electron chi connectivity index (χ1n) is 5.18. The molecule has 0 amide bonds. The normalized spacial score (nSPS) is 11.5. The molecule has 0 spiro atoms. The van der Waals surface area contributed by atoms with Crippen LogP contribution < -0.4 is 4.72 Å². The molecule has 5 nitrogen and oxygen atoms in total. The van der Waals surface area contributed by atoms with Crippen LogP contribution in [0.3, 0.4) is 0 Å². The van der Waals surface area contributed by atoms with E-state index in [4.69, 9.17) is 16.7 Å². The Morgan fingerprint density at radius 1 is 1.37 bits per heavy atom. The molecule has 0 aliphatic rings. The van der Waals surface area contributed by atoms with Crippen LogP contribution in [0.5, 0.6) is 0 Å². The maximum atomic E-state index is 12.1. The molecular formula is C11H10BrClN2O3S. The van der Waals surface area contributed by atoms with Gasteiger partial charge >= 0.3 is 0 Å². The smallest absolute Gasteiger partial charge is 0.263 e. The molecule has 19 heavy (non-hydrogen) atoms. The number of rotatable bonds is 4. The fourth-order valence-electron chi connectivity index (χ4n) is 1.44. The molecule has 0 aliphatic carbocycles. The molecule has 0 saturated carbocycles. The molecule has 8 heteroatoms. The van der Waals surface area contributed by atoms with Crippen LogP contribution >= 0.6 is 27.5 Å². The van der Waals surface area contributed by atoms with Gasteiger partial charge in [-0.25, -0.2) is 8.42 Å². The van der Waals surface area contributed by atoms with Gasteiger partial charge in [0.25, 0.3) is 10.0 Å². The van der Waals surface area contributed by atoms with Crippen LogP contribution in [-0.2, 0) is 16.6 Å². The number of H-pyrrole nitrogens is 1. The molecule has 0 saturated heterocycles. The van der Waals surface area contributed by atoms with Gasteiger partial charge in [0.1, 0.15) is 4.90 Å². The van der Waals surface area contributed by atoms with Crippen molar-refractivity contribution >= 4 is 43.2 Å². The summed E-state index contributed by atoms with van der Waals surface area (Å²) in [5.41, 5.74) is 0.698. The highest BCUT2D eigenvalue weighted by molar-refractivity contribution is 9.10. The first-order valence-corrected chi connectivity index (χ1v) is 7.84. The maximum Gasteiger partial charge on any atom is 0.263 e. The molecule has 1 aromatic carbocycles.